The fourth-order valence-electron chi connectivity index (χ4n) is 2.40. The average molecular weight is 422 g/mol. The number of hydrogen-bond donors (Lipinski definition) is 1. The molecule has 28 heavy (non-hydrogen) atoms. The molecule has 1 N–H and O–H groups in total. The third kappa shape index (κ3) is 7.25. The van der Waals surface area contributed by atoms with Crippen LogP contribution in [0.1, 0.15) is 35.0 Å². The highest BCUT2D eigenvalue weighted by atomic mass is 35.5. The van der Waals surface area contributed by atoms with Gasteiger partial charge in [0, 0.05) is 6.42 Å². The van der Waals surface area contributed by atoms with E-state index >= 15 is 0 Å². The highest BCUT2D eigenvalue weighted by Gasteiger charge is 2.19. The van der Waals surface area contributed by atoms with Crippen LogP contribution >= 0.6 is 22.9 Å². The number of ketones is 2. The van der Waals surface area contributed by atoms with Gasteiger partial charge in [-0.2, -0.15) is 0 Å². The molecule has 0 unspecified atom stereocenters. The molecule has 8 heteroatoms. The maximum atomic E-state index is 12.0. The zero-order valence-electron chi connectivity index (χ0n) is 15.3. The summed E-state index contributed by atoms with van der Waals surface area (Å²) < 4.78 is 5.39. The van der Waals surface area contributed by atoms with E-state index in [-0.39, 0.29) is 24.4 Å². The Kier molecular flexibility index (Phi) is 8.35. The Morgan fingerprint density at radius 3 is 2.39 bits per heavy atom. The molecule has 1 amide bonds. The zero-order chi connectivity index (χ0) is 20.5. The van der Waals surface area contributed by atoms with Gasteiger partial charge in [-0.3, -0.25) is 19.2 Å². The summed E-state index contributed by atoms with van der Waals surface area (Å²) in [7, 11) is 0. The molecular weight excluding hydrogens is 402 g/mol. The number of rotatable bonds is 10. The van der Waals surface area contributed by atoms with Crippen molar-refractivity contribution >= 4 is 46.4 Å². The van der Waals surface area contributed by atoms with Crippen LogP contribution in [0.3, 0.4) is 0 Å². The minimum Gasteiger partial charge on any atom is -0.456 e. The van der Waals surface area contributed by atoms with E-state index in [0.717, 1.165) is 16.9 Å². The smallest absolute Gasteiger partial charge is 0.306 e. The maximum Gasteiger partial charge on any atom is 0.306 e. The molecular formula is C20H20ClNO5S. The molecule has 0 aliphatic rings. The van der Waals surface area contributed by atoms with Gasteiger partial charge in [0.05, 0.1) is 21.7 Å². The van der Waals surface area contributed by atoms with Crippen LogP contribution in [0.4, 0.5) is 0 Å². The van der Waals surface area contributed by atoms with Crippen molar-refractivity contribution < 1.29 is 23.9 Å². The van der Waals surface area contributed by atoms with Gasteiger partial charge in [-0.15, -0.1) is 11.3 Å². The van der Waals surface area contributed by atoms with Gasteiger partial charge in [-0.25, -0.2) is 0 Å². The molecule has 0 bridgehead atoms. The third-order valence-electron chi connectivity index (χ3n) is 3.88. The number of hydrogen-bond acceptors (Lipinski definition) is 6. The van der Waals surface area contributed by atoms with E-state index in [4.69, 9.17) is 16.3 Å². The molecule has 6 nitrogen and oxygen atoms in total. The summed E-state index contributed by atoms with van der Waals surface area (Å²) in [6, 6.07) is 11.8. The predicted molar refractivity (Wildman–Crippen MR) is 107 cm³/mol. The Bertz CT molecular complexity index is 849. The Labute approximate surface area is 171 Å². The number of ether oxygens (including phenoxy) is 1. The van der Waals surface area contributed by atoms with E-state index in [1.165, 1.54) is 6.92 Å². The van der Waals surface area contributed by atoms with Crippen LogP contribution in [0.25, 0.3) is 0 Å². The van der Waals surface area contributed by atoms with Crippen LogP contribution in [-0.4, -0.2) is 36.1 Å². The van der Waals surface area contributed by atoms with Gasteiger partial charge in [-0.1, -0.05) is 41.9 Å². The van der Waals surface area contributed by atoms with Gasteiger partial charge in [0.25, 0.3) is 5.91 Å². The first kappa shape index (κ1) is 21.8. The van der Waals surface area contributed by atoms with Crippen LogP contribution < -0.4 is 5.32 Å². The van der Waals surface area contributed by atoms with Gasteiger partial charge in [0.2, 0.25) is 0 Å². The largest absolute Gasteiger partial charge is 0.456 e. The Balaban J connectivity index is 1.74. The van der Waals surface area contributed by atoms with Crippen molar-refractivity contribution in [3.8, 4) is 0 Å². The van der Waals surface area contributed by atoms with E-state index in [9.17, 15) is 19.2 Å². The molecule has 0 saturated heterocycles. The molecule has 2 aromatic rings. The summed E-state index contributed by atoms with van der Waals surface area (Å²) in [6.45, 7) is 0.888. The quantitative estimate of drug-likeness (QED) is 0.470. The van der Waals surface area contributed by atoms with Gasteiger partial charge in [0.15, 0.2) is 18.2 Å². The summed E-state index contributed by atoms with van der Waals surface area (Å²) in [5.41, 5.74) is 0.909. The Hall–Kier alpha value is -2.51. The van der Waals surface area contributed by atoms with Gasteiger partial charge in [0.1, 0.15) is 0 Å². The lowest BCUT2D eigenvalue weighted by atomic mass is 10.0. The monoisotopic (exact) mass is 421 g/mol. The van der Waals surface area contributed by atoms with Gasteiger partial charge < -0.3 is 10.1 Å². The first-order valence-electron chi connectivity index (χ1n) is 8.63. The summed E-state index contributed by atoms with van der Waals surface area (Å²) in [4.78, 5) is 47.9. The second kappa shape index (κ2) is 10.7. The average Bonchev–Trinajstić information content (AvgIpc) is 3.11. The highest BCUT2D eigenvalue weighted by molar-refractivity contribution is 7.18. The topological polar surface area (TPSA) is 89.5 Å². The number of carbonyl (C=O) groups excluding carboxylic acids is 4. The molecule has 1 aromatic heterocycles. The molecule has 1 heterocycles. The van der Waals surface area contributed by atoms with Crippen LogP contribution in [0, 0.1) is 0 Å². The molecule has 0 radical (unpaired) electrons. The van der Waals surface area contributed by atoms with Crippen LogP contribution in [0.15, 0.2) is 42.5 Å². The Morgan fingerprint density at radius 2 is 1.79 bits per heavy atom. The SMILES string of the molecule is CC(=O)[C@@H](Cc1ccccc1)NC(=O)COC(=O)CCC(=O)c1ccc(Cl)s1. The predicted octanol–water partition coefficient (Wildman–Crippen LogP) is 3.22. The molecule has 1 aromatic carbocycles. The number of amides is 1. The van der Waals surface area contributed by atoms with Crippen LogP contribution in [0.5, 0.6) is 0 Å². The number of benzene rings is 1. The van der Waals surface area contributed by atoms with Crippen molar-refractivity contribution in [1.29, 1.82) is 0 Å². The molecule has 0 saturated carbocycles. The number of thiophene rings is 1. The molecule has 0 aliphatic heterocycles. The zero-order valence-corrected chi connectivity index (χ0v) is 16.8. The minimum atomic E-state index is -0.696. The number of halogens is 1. The molecule has 148 valence electrons. The summed E-state index contributed by atoms with van der Waals surface area (Å²) in [5.74, 6) is -1.63. The van der Waals surface area contributed by atoms with Crippen LogP contribution in [-0.2, 0) is 25.5 Å². The van der Waals surface area contributed by atoms with E-state index in [1.54, 1.807) is 12.1 Å². The van der Waals surface area contributed by atoms with Crippen molar-refractivity contribution in [2.45, 2.75) is 32.2 Å². The van der Waals surface area contributed by atoms with Crippen molar-refractivity contribution in [2.75, 3.05) is 6.61 Å². The second-order valence-corrected chi connectivity index (χ2v) is 7.82. The van der Waals surface area contributed by atoms with E-state index < -0.39 is 24.5 Å². The number of esters is 1. The highest BCUT2D eigenvalue weighted by Crippen LogP contribution is 2.22. The standard InChI is InChI=1S/C20H20ClNO5S/c1-13(23)15(11-14-5-3-2-4-6-14)22-19(25)12-27-20(26)10-7-16(24)17-8-9-18(21)28-17/h2-6,8-9,15H,7,10-12H2,1H3,(H,22,25)/t15-/m1/s1. The summed E-state index contributed by atoms with van der Waals surface area (Å²) in [5, 5.41) is 2.57. The number of carbonyl (C=O) groups is 4. The number of Topliss-reactive ketones (excluding diaryl/α,β-unsaturated/α-hetero) is 2. The second-order valence-electron chi connectivity index (χ2n) is 6.11. The maximum absolute atomic E-state index is 12.0. The van der Waals surface area contributed by atoms with Crippen molar-refractivity contribution in [2.24, 2.45) is 0 Å². The molecule has 0 fully saturated rings. The minimum absolute atomic E-state index is 0.0264. The van der Waals surface area contributed by atoms with E-state index in [1.807, 2.05) is 30.3 Å². The lowest BCUT2D eigenvalue weighted by Gasteiger charge is -2.16. The van der Waals surface area contributed by atoms with Crippen LogP contribution in [0.2, 0.25) is 4.34 Å². The van der Waals surface area contributed by atoms with Gasteiger partial charge >= 0.3 is 5.97 Å². The van der Waals surface area contributed by atoms with E-state index in [2.05, 4.69) is 5.32 Å². The lowest BCUT2D eigenvalue weighted by Crippen LogP contribution is -2.43. The summed E-state index contributed by atoms with van der Waals surface area (Å²) in [6.07, 6.45) is 0.191. The molecule has 2 rings (SSSR count). The molecule has 0 aliphatic carbocycles. The molecule has 0 spiro atoms. The fraction of sp³-hybridized carbons (Fsp3) is 0.300. The lowest BCUT2D eigenvalue weighted by molar-refractivity contribution is -0.148. The first-order valence-corrected chi connectivity index (χ1v) is 9.82. The normalized spacial score (nSPS) is 11.5. The number of nitrogens with one attached hydrogen (secondary N) is 1. The Morgan fingerprint density at radius 1 is 1.07 bits per heavy atom. The van der Waals surface area contributed by atoms with E-state index in [0.29, 0.717) is 15.6 Å². The molecule has 1 atom stereocenters. The van der Waals surface area contributed by atoms with Crippen molar-refractivity contribution in [3.63, 3.8) is 0 Å². The van der Waals surface area contributed by atoms with Gasteiger partial charge in [-0.05, 0) is 31.0 Å². The van der Waals surface area contributed by atoms with Crippen molar-refractivity contribution in [1.82, 2.24) is 5.32 Å². The third-order valence-corrected chi connectivity index (χ3v) is 5.15. The summed E-state index contributed by atoms with van der Waals surface area (Å²) >= 11 is 6.92. The van der Waals surface area contributed by atoms with Crippen molar-refractivity contribution in [3.05, 3.63) is 57.2 Å². The first-order chi connectivity index (χ1) is 13.3. The fourth-order valence-corrected chi connectivity index (χ4v) is 3.41.